The minimum Gasteiger partial charge on any atom is -0.453 e. The Balaban J connectivity index is 1.79. The van der Waals surface area contributed by atoms with Gasteiger partial charge in [0.25, 0.3) is 11.4 Å². The molecule has 0 radical (unpaired) electrons. The molecular weight excluding hydrogens is 330 g/mol. The Bertz CT molecular complexity index is 961. The molecule has 25 heavy (non-hydrogen) atoms. The lowest BCUT2D eigenvalue weighted by Gasteiger charge is -2.05. The summed E-state index contributed by atoms with van der Waals surface area (Å²) in [5.74, 6) is -0.276. The molecule has 1 heterocycles. The number of hydrogen-bond acceptors (Lipinski definition) is 7. The van der Waals surface area contributed by atoms with Crippen LogP contribution in [0.25, 0.3) is 11.0 Å². The molecule has 0 amide bonds. The minimum atomic E-state index is -0.749. The van der Waals surface area contributed by atoms with Crippen LogP contribution in [-0.4, -0.2) is 22.2 Å². The maximum atomic E-state index is 12.2. The number of rotatable bonds is 6. The standard InChI is InChI=1S/C16H11N3O6/c20-14(16-7-10-3-1-2-4-15(10)25-16)9-17-12-6-5-11(18(21)22)8-13(12)19(23)24/h1-8,17H,9H2. The molecule has 1 aromatic heterocycles. The molecule has 0 bridgehead atoms. The monoisotopic (exact) mass is 341 g/mol. The molecule has 0 unspecified atom stereocenters. The number of non-ortho nitro benzene ring substituents is 1. The highest BCUT2D eigenvalue weighted by Crippen LogP contribution is 2.29. The third-order valence-corrected chi connectivity index (χ3v) is 3.53. The summed E-state index contributed by atoms with van der Waals surface area (Å²) < 4.78 is 5.43. The zero-order chi connectivity index (χ0) is 18.0. The Labute approximate surface area is 140 Å². The van der Waals surface area contributed by atoms with E-state index < -0.39 is 27.0 Å². The van der Waals surface area contributed by atoms with Crippen LogP contribution >= 0.6 is 0 Å². The van der Waals surface area contributed by atoms with Crippen molar-refractivity contribution in [3.8, 4) is 0 Å². The lowest BCUT2D eigenvalue weighted by Crippen LogP contribution is -2.14. The summed E-state index contributed by atoms with van der Waals surface area (Å²) >= 11 is 0. The third-order valence-electron chi connectivity index (χ3n) is 3.53. The Hall–Kier alpha value is -3.75. The molecule has 126 valence electrons. The molecule has 2 aromatic carbocycles. The number of nitro groups is 2. The average molecular weight is 341 g/mol. The topological polar surface area (TPSA) is 129 Å². The minimum absolute atomic E-state index is 0.0139. The smallest absolute Gasteiger partial charge is 0.299 e. The van der Waals surface area contributed by atoms with Crippen molar-refractivity contribution in [3.63, 3.8) is 0 Å². The number of benzene rings is 2. The fourth-order valence-corrected chi connectivity index (χ4v) is 2.32. The summed E-state index contributed by atoms with van der Waals surface area (Å²) in [6.45, 7) is -0.252. The summed E-state index contributed by atoms with van der Waals surface area (Å²) in [5.41, 5.74) is -0.306. The van der Waals surface area contributed by atoms with Crippen LogP contribution < -0.4 is 5.32 Å². The van der Waals surface area contributed by atoms with E-state index in [1.165, 1.54) is 6.07 Å². The van der Waals surface area contributed by atoms with Gasteiger partial charge in [0.05, 0.1) is 22.5 Å². The van der Waals surface area contributed by atoms with Crippen molar-refractivity contribution in [2.24, 2.45) is 0 Å². The van der Waals surface area contributed by atoms with Crippen molar-refractivity contribution in [3.05, 3.63) is 74.5 Å². The largest absolute Gasteiger partial charge is 0.453 e. The molecule has 0 atom stereocenters. The van der Waals surface area contributed by atoms with E-state index in [9.17, 15) is 25.0 Å². The van der Waals surface area contributed by atoms with Gasteiger partial charge in [0.15, 0.2) is 5.76 Å². The first-order valence-electron chi connectivity index (χ1n) is 7.14. The molecule has 0 spiro atoms. The van der Waals surface area contributed by atoms with Crippen LogP contribution in [0.1, 0.15) is 10.6 Å². The number of carbonyl (C=O) groups is 1. The van der Waals surface area contributed by atoms with Gasteiger partial charge in [0.1, 0.15) is 11.3 Å². The number of para-hydroxylation sites is 1. The number of nitrogens with zero attached hydrogens (tertiary/aromatic N) is 2. The quantitative estimate of drug-likeness (QED) is 0.412. The summed E-state index contributed by atoms with van der Waals surface area (Å²) in [6.07, 6.45) is 0. The van der Waals surface area contributed by atoms with Gasteiger partial charge in [-0.3, -0.25) is 25.0 Å². The Morgan fingerprint density at radius 3 is 2.48 bits per heavy atom. The highest BCUT2D eigenvalue weighted by atomic mass is 16.6. The second-order valence-electron chi connectivity index (χ2n) is 5.14. The van der Waals surface area contributed by atoms with Crippen molar-refractivity contribution in [2.45, 2.75) is 0 Å². The van der Waals surface area contributed by atoms with Crippen LogP contribution in [0, 0.1) is 20.2 Å². The second kappa shape index (κ2) is 6.40. The first kappa shape index (κ1) is 16.1. The number of hydrogen-bond donors (Lipinski definition) is 1. The van der Waals surface area contributed by atoms with Gasteiger partial charge in [0, 0.05) is 11.5 Å². The van der Waals surface area contributed by atoms with E-state index in [1.807, 2.05) is 6.07 Å². The maximum Gasteiger partial charge on any atom is 0.299 e. The number of nitro benzene ring substituents is 2. The molecule has 3 rings (SSSR count). The van der Waals surface area contributed by atoms with Crippen LogP contribution in [-0.2, 0) is 0 Å². The first-order chi connectivity index (χ1) is 12.0. The van der Waals surface area contributed by atoms with Gasteiger partial charge in [-0.1, -0.05) is 18.2 Å². The fourth-order valence-electron chi connectivity index (χ4n) is 2.32. The van der Waals surface area contributed by atoms with Gasteiger partial charge in [-0.25, -0.2) is 0 Å². The number of furan rings is 1. The summed E-state index contributed by atoms with van der Waals surface area (Å²) in [7, 11) is 0. The van der Waals surface area contributed by atoms with Crippen LogP contribution in [0.5, 0.6) is 0 Å². The first-order valence-corrected chi connectivity index (χ1v) is 7.14. The zero-order valence-corrected chi connectivity index (χ0v) is 12.7. The summed E-state index contributed by atoms with van der Waals surface area (Å²) in [6, 6.07) is 11.9. The molecule has 0 fully saturated rings. The lowest BCUT2D eigenvalue weighted by molar-refractivity contribution is -0.393. The SMILES string of the molecule is O=C(CNc1ccc([N+](=O)[O-])cc1[N+](=O)[O-])c1cc2ccccc2o1. The van der Waals surface area contributed by atoms with Crippen molar-refractivity contribution >= 4 is 33.8 Å². The van der Waals surface area contributed by atoms with Gasteiger partial charge in [-0.2, -0.15) is 0 Å². The van der Waals surface area contributed by atoms with Gasteiger partial charge in [-0.15, -0.1) is 0 Å². The van der Waals surface area contributed by atoms with E-state index >= 15 is 0 Å². The molecule has 0 saturated carbocycles. The van der Waals surface area contributed by atoms with Crippen LogP contribution in [0.15, 0.2) is 52.9 Å². The van der Waals surface area contributed by atoms with Gasteiger partial charge in [-0.05, 0) is 18.2 Å². The molecule has 1 N–H and O–H groups in total. The Kier molecular flexibility index (Phi) is 4.12. The van der Waals surface area contributed by atoms with Crippen molar-refractivity contribution < 1.29 is 19.1 Å². The molecular formula is C16H11N3O6. The molecule has 0 aliphatic heterocycles. The van der Waals surface area contributed by atoms with E-state index in [1.54, 1.807) is 24.3 Å². The predicted molar refractivity (Wildman–Crippen MR) is 88.8 cm³/mol. The van der Waals surface area contributed by atoms with E-state index in [2.05, 4.69) is 5.32 Å². The molecule has 0 saturated heterocycles. The number of Topliss-reactive ketones (excluding diaryl/α,β-unsaturated/α-hetero) is 1. The predicted octanol–water partition coefficient (Wildman–Crippen LogP) is 3.54. The highest BCUT2D eigenvalue weighted by Gasteiger charge is 2.20. The van der Waals surface area contributed by atoms with Crippen LogP contribution in [0.3, 0.4) is 0 Å². The van der Waals surface area contributed by atoms with E-state index in [-0.39, 0.29) is 18.0 Å². The van der Waals surface area contributed by atoms with Crippen molar-refractivity contribution in [1.82, 2.24) is 0 Å². The lowest BCUT2D eigenvalue weighted by atomic mass is 10.2. The Morgan fingerprint density at radius 1 is 1.04 bits per heavy atom. The fraction of sp³-hybridized carbons (Fsp3) is 0.0625. The molecule has 3 aromatic rings. The molecule has 0 aliphatic rings. The number of fused-ring (bicyclic) bond motifs is 1. The number of anilines is 1. The maximum absolute atomic E-state index is 12.2. The molecule has 0 aliphatic carbocycles. The summed E-state index contributed by atoms with van der Waals surface area (Å²) in [4.78, 5) is 32.5. The average Bonchev–Trinajstić information content (AvgIpc) is 3.03. The van der Waals surface area contributed by atoms with Gasteiger partial charge in [0.2, 0.25) is 5.78 Å². The van der Waals surface area contributed by atoms with E-state index in [4.69, 9.17) is 4.42 Å². The van der Waals surface area contributed by atoms with Crippen LogP contribution in [0.2, 0.25) is 0 Å². The second-order valence-corrected chi connectivity index (χ2v) is 5.14. The molecule has 9 heteroatoms. The van der Waals surface area contributed by atoms with Crippen molar-refractivity contribution in [2.75, 3.05) is 11.9 Å². The summed E-state index contributed by atoms with van der Waals surface area (Å²) in [5, 5.41) is 25.2. The van der Waals surface area contributed by atoms with Gasteiger partial charge >= 0.3 is 0 Å². The Morgan fingerprint density at radius 2 is 1.80 bits per heavy atom. The normalized spacial score (nSPS) is 10.6. The number of ketones is 1. The number of carbonyl (C=O) groups excluding carboxylic acids is 1. The molecule has 9 nitrogen and oxygen atoms in total. The number of nitrogens with one attached hydrogen (secondary N) is 1. The van der Waals surface area contributed by atoms with Crippen LogP contribution in [0.4, 0.5) is 17.1 Å². The van der Waals surface area contributed by atoms with E-state index in [0.717, 1.165) is 17.5 Å². The zero-order valence-electron chi connectivity index (χ0n) is 12.7. The third kappa shape index (κ3) is 3.29. The van der Waals surface area contributed by atoms with E-state index in [0.29, 0.717) is 5.58 Å². The van der Waals surface area contributed by atoms with Gasteiger partial charge < -0.3 is 9.73 Å². The van der Waals surface area contributed by atoms with Crippen molar-refractivity contribution in [1.29, 1.82) is 0 Å². The highest BCUT2D eigenvalue weighted by molar-refractivity contribution is 6.00.